The zero-order valence-electron chi connectivity index (χ0n) is 12.5. The summed E-state index contributed by atoms with van der Waals surface area (Å²) in [5.74, 6) is 0.601. The van der Waals surface area contributed by atoms with E-state index in [9.17, 15) is 0 Å². The summed E-state index contributed by atoms with van der Waals surface area (Å²) in [7, 11) is 6.00. The van der Waals surface area contributed by atoms with E-state index in [2.05, 4.69) is 19.9 Å². The quantitative estimate of drug-likeness (QED) is 0.604. The van der Waals surface area contributed by atoms with Gasteiger partial charge in [-0.3, -0.25) is 9.67 Å². The molecule has 0 amide bonds. The Bertz CT molecular complexity index is 449. The number of aromatic nitrogens is 2. The molecule has 7 nitrogen and oxygen atoms in total. The number of hydrogen-bond donors (Lipinski definition) is 1. The number of guanidine groups is 1. The molecule has 2 rings (SSSR count). The Morgan fingerprint density at radius 2 is 2.20 bits per heavy atom. The number of aryl methyl sites for hydroxylation is 1. The van der Waals surface area contributed by atoms with Crippen LogP contribution in [0.25, 0.3) is 0 Å². The standard InChI is InChI=1S/C13H24N6O/c1-17(2)12(11-8-16-18(3)10-11)9-15-13(14)19-4-6-20-7-5-19/h8,10,12H,4-7,9H2,1-3H3,(H2,14,15). The molecule has 7 heteroatoms. The Balaban J connectivity index is 2.01. The fraction of sp³-hybridized carbons (Fsp3) is 0.692. The second kappa shape index (κ2) is 6.71. The molecule has 1 unspecified atom stereocenters. The van der Waals surface area contributed by atoms with Crippen molar-refractivity contribution < 1.29 is 4.74 Å². The molecule has 0 aromatic carbocycles. The van der Waals surface area contributed by atoms with Crippen LogP contribution >= 0.6 is 0 Å². The average molecular weight is 280 g/mol. The van der Waals surface area contributed by atoms with E-state index in [-0.39, 0.29) is 6.04 Å². The monoisotopic (exact) mass is 280 g/mol. The molecule has 2 heterocycles. The van der Waals surface area contributed by atoms with Crippen molar-refractivity contribution in [3.05, 3.63) is 18.0 Å². The fourth-order valence-electron chi connectivity index (χ4n) is 2.25. The van der Waals surface area contributed by atoms with Gasteiger partial charge >= 0.3 is 0 Å². The summed E-state index contributed by atoms with van der Waals surface area (Å²) < 4.78 is 7.12. The van der Waals surface area contributed by atoms with Crippen molar-refractivity contribution in [3.63, 3.8) is 0 Å². The van der Waals surface area contributed by atoms with Crippen molar-refractivity contribution in [2.45, 2.75) is 6.04 Å². The van der Waals surface area contributed by atoms with Gasteiger partial charge in [0.2, 0.25) is 0 Å². The highest BCUT2D eigenvalue weighted by atomic mass is 16.5. The van der Waals surface area contributed by atoms with Crippen molar-refractivity contribution in [2.24, 2.45) is 17.8 Å². The van der Waals surface area contributed by atoms with E-state index in [1.54, 1.807) is 4.68 Å². The lowest BCUT2D eigenvalue weighted by molar-refractivity contribution is 0.0673. The Morgan fingerprint density at radius 1 is 1.50 bits per heavy atom. The number of likely N-dealkylation sites (N-methyl/N-ethyl adjacent to an activating group) is 1. The molecule has 0 bridgehead atoms. The first-order chi connectivity index (χ1) is 9.58. The van der Waals surface area contributed by atoms with Crippen molar-refractivity contribution in [3.8, 4) is 0 Å². The molecular weight excluding hydrogens is 256 g/mol. The molecule has 0 radical (unpaired) electrons. The topological polar surface area (TPSA) is 71.9 Å². The Kier molecular flexibility index (Phi) is 4.97. The first-order valence-electron chi connectivity index (χ1n) is 6.85. The number of morpholine rings is 1. The largest absolute Gasteiger partial charge is 0.378 e. The number of hydrogen-bond acceptors (Lipinski definition) is 4. The summed E-state index contributed by atoms with van der Waals surface area (Å²) in [4.78, 5) is 8.74. The van der Waals surface area contributed by atoms with E-state index in [0.29, 0.717) is 12.5 Å². The van der Waals surface area contributed by atoms with Crippen LogP contribution in [0.3, 0.4) is 0 Å². The molecule has 1 aromatic heterocycles. The highest BCUT2D eigenvalue weighted by Crippen LogP contribution is 2.17. The van der Waals surface area contributed by atoms with Gasteiger partial charge in [-0.05, 0) is 14.1 Å². The van der Waals surface area contributed by atoms with Gasteiger partial charge in [0.1, 0.15) is 0 Å². The van der Waals surface area contributed by atoms with E-state index in [0.717, 1.165) is 31.9 Å². The van der Waals surface area contributed by atoms with Gasteiger partial charge in [0.05, 0.1) is 32.0 Å². The van der Waals surface area contributed by atoms with E-state index >= 15 is 0 Å². The summed E-state index contributed by atoms with van der Waals surface area (Å²) in [6.07, 6.45) is 3.90. The Hall–Kier alpha value is -1.60. The zero-order valence-corrected chi connectivity index (χ0v) is 12.5. The van der Waals surface area contributed by atoms with Crippen molar-refractivity contribution in [1.29, 1.82) is 0 Å². The minimum Gasteiger partial charge on any atom is -0.378 e. The summed E-state index contributed by atoms with van der Waals surface area (Å²) >= 11 is 0. The fourth-order valence-corrected chi connectivity index (χ4v) is 2.25. The van der Waals surface area contributed by atoms with Crippen LogP contribution in [0.4, 0.5) is 0 Å². The van der Waals surface area contributed by atoms with Crippen LogP contribution in [0.2, 0.25) is 0 Å². The molecule has 2 N–H and O–H groups in total. The second-order valence-electron chi connectivity index (χ2n) is 5.23. The summed E-state index contributed by atoms with van der Waals surface area (Å²) in [6, 6.07) is 0.184. The Labute approximate surface area is 120 Å². The highest BCUT2D eigenvalue weighted by molar-refractivity contribution is 5.78. The van der Waals surface area contributed by atoms with Crippen LogP contribution in [0, 0.1) is 0 Å². The predicted molar refractivity (Wildman–Crippen MR) is 78.5 cm³/mol. The third-order valence-corrected chi connectivity index (χ3v) is 3.49. The molecule has 1 saturated heterocycles. The molecule has 20 heavy (non-hydrogen) atoms. The van der Waals surface area contributed by atoms with Crippen LogP contribution < -0.4 is 5.73 Å². The number of nitrogens with zero attached hydrogens (tertiary/aromatic N) is 5. The van der Waals surface area contributed by atoms with Gasteiger partial charge in [-0.25, -0.2) is 0 Å². The number of ether oxygens (including phenoxy) is 1. The van der Waals surface area contributed by atoms with E-state index in [4.69, 9.17) is 10.5 Å². The van der Waals surface area contributed by atoms with Gasteiger partial charge in [0, 0.05) is 31.9 Å². The number of nitrogens with two attached hydrogens (primary N) is 1. The SMILES string of the molecule is CN(C)C(CN=C(N)N1CCOCC1)c1cnn(C)c1. The maximum Gasteiger partial charge on any atom is 0.191 e. The second-order valence-corrected chi connectivity index (χ2v) is 5.23. The van der Waals surface area contributed by atoms with E-state index in [1.807, 2.05) is 33.5 Å². The first-order valence-corrected chi connectivity index (χ1v) is 6.85. The van der Waals surface area contributed by atoms with Gasteiger partial charge in [0.15, 0.2) is 5.96 Å². The van der Waals surface area contributed by atoms with Crippen LogP contribution in [0.5, 0.6) is 0 Å². The van der Waals surface area contributed by atoms with Crippen LogP contribution in [0.1, 0.15) is 11.6 Å². The van der Waals surface area contributed by atoms with E-state index < -0.39 is 0 Å². The summed E-state index contributed by atoms with van der Waals surface area (Å²) in [5.41, 5.74) is 7.21. The maximum absolute atomic E-state index is 6.06. The molecule has 1 fully saturated rings. The molecule has 0 spiro atoms. The third kappa shape index (κ3) is 3.71. The van der Waals surface area contributed by atoms with Crippen LogP contribution in [0.15, 0.2) is 17.4 Å². The van der Waals surface area contributed by atoms with Gasteiger partial charge in [-0.2, -0.15) is 5.10 Å². The lowest BCUT2D eigenvalue weighted by atomic mass is 10.1. The van der Waals surface area contributed by atoms with E-state index in [1.165, 1.54) is 0 Å². The van der Waals surface area contributed by atoms with Crippen molar-refractivity contribution >= 4 is 5.96 Å². The smallest absolute Gasteiger partial charge is 0.191 e. The lowest BCUT2D eigenvalue weighted by Gasteiger charge is -2.28. The molecule has 0 saturated carbocycles. The van der Waals surface area contributed by atoms with Gasteiger partial charge in [-0.1, -0.05) is 0 Å². The molecular formula is C13H24N6O. The third-order valence-electron chi connectivity index (χ3n) is 3.49. The first kappa shape index (κ1) is 14.8. The van der Waals surface area contributed by atoms with Crippen molar-refractivity contribution in [2.75, 3.05) is 46.9 Å². The van der Waals surface area contributed by atoms with Gasteiger partial charge in [-0.15, -0.1) is 0 Å². The van der Waals surface area contributed by atoms with Crippen LogP contribution in [-0.4, -0.2) is 72.5 Å². The Morgan fingerprint density at radius 3 is 2.75 bits per heavy atom. The molecule has 1 aromatic rings. The predicted octanol–water partition coefficient (Wildman–Crippen LogP) is -0.330. The number of aliphatic imine (C=N–C) groups is 1. The van der Waals surface area contributed by atoms with Crippen molar-refractivity contribution in [1.82, 2.24) is 19.6 Å². The van der Waals surface area contributed by atoms with Gasteiger partial charge < -0.3 is 20.3 Å². The maximum atomic E-state index is 6.06. The summed E-state index contributed by atoms with van der Waals surface area (Å²) in [6.45, 7) is 3.69. The lowest BCUT2D eigenvalue weighted by Crippen LogP contribution is -2.45. The highest BCUT2D eigenvalue weighted by Gasteiger charge is 2.17. The minimum atomic E-state index is 0.184. The molecule has 1 aliphatic heterocycles. The summed E-state index contributed by atoms with van der Waals surface area (Å²) in [5, 5.41) is 4.22. The normalized spacial score (nSPS) is 18.6. The molecule has 0 aliphatic carbocycles. The van der Waals surface area contributed by atoms with Gasteiger partial charge in [0.25, 0.3) is 0 Å². The zero-order chi connectivity index (χ0) is 14.5. The van der Waals surface area contributed by atoms with Crippen LogP contribution in [-0.2, 0) is 11.8 Å². The average Bonchev–Trinajstić information content (AvgIpc) is 2.86. The molecule has 1 aliphatic rings. The molecule has 1 atom stereocenters. The minimum absolute atomic E-state index is 0.184. The molecule has 112 valence electrons. The number of rotatable bonds is 4.